The third kappa shape index (κ3) is 3.80. The van der Waals surface area contributed by atoms with Crippen LogP contribution < -0.4 is 10.5 Å². The third-order valence-electron chi connectivity index (χ3n) is 3.04. The summed E-state index contributed by atoms with van der Waals surface area (Å²) in [5.41, 5.74) is 7.34. The maximum atomic E-state index is 11.0. The predicted octanol–water partition coefficient (Wildman–Crippen LogP) is 3.96. The molecule has 1 atom stereocenters. The van der Waals surface area contributed by atoms with Gasteiger partial charge in [-0.2, -0.15) is 0 Å². The van der Waals surface area contributed by atoms with Crippen molar-refractivity contribution >= 4 is 21.6 Å². The minimum absolute atomic E-state index is 0.0508. The van der Waals surface area contributed by atoms with Gasteiger partial charge in [-0.3, -0.25) is 10.1 Å². The Balaban J connectivity index is 2.24. The van der Waals surface area contributed by atoms with Crippen LogP contribution in [0.3, 0.4) is 0 Å². The fourth-order valence-electron chi connectivity index (χ4n) is 1.98. The molecule has 2 rings (SSSR count). The average Bonchev–Trinajstić information content (AvgIpc) is 2.45. The van der Waals surface area contributed by atoms with E-state index in [1.54, 1.807) is 18.2 Å². The smallest absolute Gasteiger partial charge is 0.276 e. The second-order valence-corrected chi connectivity index (χ2v) is 5.56. The van der Waals surface area contributed by atoms with Crippen LogP contribution in [0.15, 0.2) is 46.9 Å². The van der Waals surface area contributed by atoms with Gasteiger partial charge >= 0.3 is 0 Å². The van der Waals surface area contributed by atoms with E-state index >= 15 is 0 Å². The molecule has 0 heterocycles. The summed E-state index contributed by atoms with van der Waals surface area (Å²) in [6.45, 7) is 1.98. The van der Waals surface area contributed by atoms with Crippen molar-refractivity contribution in [2.45, 2.75) is 19.6 Å². The van der Waals surface area contributed by atoms with Gasteiger partial charge in [0.05, 0.1) is 10.5 Å². The number of nitrogens with zero attached hydrogens (tertiary/aromatic N) is 1. The van der Waals surface area contributed by atoms with Crippen LogP contribution in [0.5, 0.6) is 5.75 Å². The molecule has 0 aliphatic rings. The molecule has 0 spiro atoms. The van der Waals surface area contributed by atoms with Crippen molar-refractivity contribution in [3.63, 3.8) is 0 Å². The van der Waals surface area contributed by atoms with E-state index in [9.17, 15) is 10.1 Å². The average molecular weight is 351 g/mol. The van der Waals surface area contributed by atoms with Gasteiger partial charge in [0.1, 0.15) is 12.4 Å². The van der Waals surface area contributed by atoms with Gasteiger partial charge in [0.25, 0.3) is 5.69 Å². The minimum atomic E-state index is -0.411. The van der Waals surface area contributed by atoms with E-state index < -0.39 is 4.92 Å². The lowest BCUT2D eigenvalue weighted by Crippen LogP contribution is -2.08. The predicted molar refractivity (Wildman–Crippen MR) is 84.2 cm³/mol. The highest BCUT2D eigenvalue weighted by molar-refractivity contribution is 9.10. The van der Waals surface area contributed by atoms with Crippen molar-refractivity contribution in [3.05, 3.63) is 68.2 Å². The number of halogens is 1. The Labute approximate surface area is 131 Å². The van der Waals surface area contributed by atoms with E-state index in [0.29, 0.717) is 11.3 Å². The highest BCUT2D eigenvalue weighted by Gasteiger charge is 2.14. The lowest BCUT2D eigenvalue weighted by Gasteiger charge is -2.14. The van der Waals surface area contributed by atoms with Crippen molar-refractivity contribution in [3.8, 4) is 5.75 Å². The Hall–Kier alpha value is -1.92. The van der Waals surface area contributed by atoms with Crippen molar-refractivity contribution in [1.82, 2.24) is 0 Å². The number of hydrogen-bond acceptors (Lipinski definition) is 4. The van der Waals surface area contributed by atoms with Gasteiger partial charge in [-0.1, -0.05) is 34.1 Å². The van der Waals surface area contributed by atoms with Crippen LogP contribution in [-0.4, -0.2) is 4.92 Å². The van der Waals surface area contributed by atoms with Crippen molar-refractivity contribution < 1.29 is 9.66 Å². The number of rotatable bonds is 5. The number of ether oxygens (including phenoxy) is 1. The summed E-state index contributed by atoms with van der Waals surface area (Å²) in [6.07, 6.45) is 0. The number of nitro benzene ring substituents is 1. The number of benzene rings is 2. The second-order valence-electron chi connectivity index (χ2n) is 4.65. The lowest BCUT2D eigenvalue weighted by atomic mass is 10.1. The highest BCUT2D eigenvalue weighted by Crippen LogP contribution is 2.29. The minimum Gasteiger partial charge on any atom is -0.488 e. The first-order chi connectivity index (χ1) is 9.99. The number of para-hydroxylation sites is 1. The van der Waals surface area contributed by atoms with E-state index in [1.807, 2.05) is 25.1 Å². The first-order valence-electron chi connectivity index (χ1n) is 6.39. The van der Waals surface area contributed by atoms with Crippen LogP contribution in [0.2, 0.25) is 0 Å². The quantitative estimate of drug-likeness (QED) is 0.653. The zero-order valence-electron chi connectivity index (χ0n) is 11.5. The maximum Gasteiger partial charge on any atom is 0.276 e. The molecule has 0 bridgehead atoms. The normalized spacial score (nSPS) is 12.0. The molecule has 2 aromatic carbocycles. The summed E-state index contributed by atoms with van der Waals surface area (Å²) in [6, 6.07) is 11.9. The van der Waals surface area contributed by atoms with Gasteiger partial charge in [0, 0.05) is 22.1 Å². The molecule has 0 radical (unpaired) electrons. The first-order valence-corrected chi connectivity index (χ1v) is 7.18. The summed E-state index contributed by atoms with van der Waals surface area (Å²) in [4.78, 5) is 10.6. The molecule has 5 nitrogen and oxygen atoms in total. The van der Waals surface area contributed by atoms with E-state index in [-0.39, 0.29) is 18.3 Å². The Morgan fingerprint density at radius 3 is 2.71 bits per heavy atom. The molecule has 0 aromatic heterocycles. The van der Waals surface area contributed by atoms with Crippen LogP contribution in [0, 0.1) is 10.1 Å². The summed E-state index contributed by atoms with van der Waals surface area (Å²) < 4.78 is 6.61. The van der Waals surface area contributed by atoms with Crippen molar-refractivity contribution in [2.24, 2.45) is 5.73 Å². The molecule has 0 aliphatic heterocycles. The van der Waals surface area contributed by atoms with Crippen LogP contribution in [0.25, 0.3) is 0 Å². The molecule has 2 N–H and O–H groups in total. The van der Waals surface area contributed by atoms with Gasteiger partial charge in [-0.25, -0.2) is 0 Å². The second kappa shape index (κ2) is 6.69. The zero-order valence-corrected chi connectivity index (χ0v) is 13.0. The summed E-state index contributed by atoms with van der Waals surface area (Å²) >= 11 is 3.38. The molecule has 0 aliphatic carbocycles. The standard InChI is InChI=1S/C15H15BrN2O3/c1-10(17)13-7-6-12(16)8-15(13)21-9-11-4-2-3-5-14(11)18(19)20/h2-8,10H,9,17H2,1H3. The molecule has 0 saturated carbocycles. The summed E-state index contributed by atoms with van der Waals surface area (Å²) in [7, 11) is 0. The Bertz CT molecular complexity index is 659. The Morgan fingerprint density at radius 2 is 2.05 bits per heavy atom. The first kappa shape index (κ1) is 15.5. The fraction of sp³-hybridized carbons (Fsp3) is 0.200. The molecule has 110 valence electrons. The zero-order chi connectivity index (χ0) is 15.4. The Morgan fingerprint density at radius 1 is 1.33 bits per heavy atom. The maximum absolute atomic E-state index is 11.0. The van der Waals surface area contributed by atoms with Gasteiger partial charge < -0.3 is 10.5 Å². The fourth-order valence-corrected chi connectivity index (χ4v) is 2.32. The molecule has 0 fully saturated rings. The number of nitrogens with two attached hydrogens (primary N) is 1. The van der Waals surface area contributed by atoms with Crippen molar-refractivity contribution in [1.29, 1.82) is 0 Å². The lowest BCUT2D eigenvalue weighted by molar-refractivity contribution is -0.385. The topological polar surface area (TPSA) is 78.4 Å². The van der Waals surface area contributed by atoms with E-state index in [0.717, 1.165) is 10.0 Å². The molecular weight excluding hydrogens is 336 g/mol. The SMILES string of the molecule is CC(N)c1ccc(Br)cc1OCc1ccccc1[N+](=O)[O-]. The van der Waals surface area contributed by atoms with Crippen LogP contribution in [0.1, 0.15) is 24.1 Å². The molecule has 2 aromatic rings. The van der Waals surface area contributed by atoms with E-state index in [2.05, 4.69) is 15.9 Å². The number of hydrogen-bond donors (Lipinski definition) is 1. The molecule has 21 heavy (non-hydrogen) atoms. The molecular formula is C15H15BrN2O3. The van der Waals surface area contributed by atoms with E-state index in [4.69, 9.17) is 10.5 Å². The van der Waals surface area contributed by atoms with Crippen LogP contribution in [0.4, 0.5) is 5.69 Å². The van der Waals surface area contributed by atoms with Crippen LogP contribution >= 0.6 is 15.9 Å². The summed E-state index contributed by atoms with van der Waals surface area (Å²) in [5, 5.41) is 11.0. The van der Waals surface area contributed by atoms with Crippen molar-refractivity contribution in [2.75, 3.05) is 0 Å². The number of nitro groups is 1. The van der Waals surface area contributed by atoms with Gasteiger partial charge in [0.15, 0.2) is 0 Å². The molecule has 0 amide bonds. The van der Waals surface area contributed by atoms with E-state index in [1.165, 1.54) is 6.07 Å². The highest BCUT2D eigenvalue weighted by atomic mass is 79.9. The van der Waals surface area contributed by atoms with Gasteiger partial charge in [-0.05, 0) is 25.1 Å². The summed E-state index contributed by atoms with van der Waals surface area (Å²) in [5.74, 6) is 0.623. The molecule has 1 unspecified atom stereocenters. The van der Waals surface area contributed by atoms with Gasteiger partial charge in [-0.15, -0.1) is 0 Å². The Kier molecular flexibility index (Phi) is 4.93. The van der Waals surface area contributed by atoms with Gasteiger partial charge in [0.2, 0.25) is 0 Å². The molecule has 6 heteroatoms. The molecule has 0 saturated heterocycles. The van der Waals surface area contributed by atoms with Crippen LogP contribution in [-0.2, 0) is 6.61 Å². The monoisotopic (exact) mass is 350 g/mol. The third-order valence-corrected chi connectivity index (χ3v) is 3.53. The largest absolute Gasteiger partial charge is 0.488 e.